The number of carbonyl (C=O) groups is 2. The van der Waals surface area contributed by atoms with Crippen molar-refractivity contribution in [1.82, 2.24) is 10.3 Å². The minimum atomic E-state index is -0.793. The number of pyridine rings is 1. The first-order valence-electron chi connectivity index (χ1n) is 6.32. The van der Waals surface area contributed by atoms with Gasteiger partial charge in [-0.2, -0.15) is 0 Å². The van der Waals surface area contributed by atoms with Gasteiger partial charge in [0.1, 0.15) is 11.7 Å². The van der Waals surface area contributed by atoms with Gasteiger partial charge in [-0.15, -0.1) is 0 Å². The Bertz CT molecular complexity index is 646. The van der Waals surface area contributed by atoms with E-state index in [0.29, 0.717) is 6.42 Å². The van der Waals surface area contributed by atoms with E-state index in [-0.39, 0.29) is 5.69 Å². The van der Waals surface area contributed by atoms with Gasteiger partial charge in [0.05, 0.1) is 0 Å². The first kappa shape index (κ1) is 15.2. The molecule has 3 N–H and O–H groups in total. The lowest BCUT2D eigenvalue weighted by Crippen LogP contribution is -2.46. The molecule has 0 aliphatic carbocycles. The molecule has 108 valence electrons. The lowest BCUT2D eigenvalue weighted by molar-refractivity contribution is -0.119. The Morgan fingerprint density at radius 2 is 1.90 bits per heavy atom. The van der Waals surface area contributed by atoms with Crippen LogP contribution in [0.5, 0.6) is 0 Å². The number of nitrogens with two attached hydrogens (primary N) is 1. The SMILES string of the molecule is NC(=O)[C@@H](Cc1ccccc1Br)NC(=O)c1ccccn1. The lowest BCUT2D eigenvalue weighted by atomic mass is 10.1. The highest BCUT2D eigenvalue weighted by Crippen LogP contribution is 2.17. The average Bonchev–Trinajstić information content (AvgIpc) is 2.49. The molecule has 21 heavy (non-hydrogen) atoms. The van der Waals surface area contributed by atoms with Crippen molar-refractivity contribution < 1.29 is 9.59 Å². The van der Waals surface area contributed by atoms with E-state index in [2.05, 4.69) is 26.2 Å². The van der Waals surface area contributed by atoms with Gasteiger partial charge in [-0.25, -0.2) is 0 Å². The van der Waals surface area contributed by atoms with Gasteiger partial charge in [0.25, 0.3) is 5.91 Å². The summed E-state index contributed by atoms with van der Waals surface area (Å²) in [6.07, 6.45) is 1.83. The molecule has 5 nitrogen and oxygen atoms in total. The maximum absolute atomic E-state index is 12.0. The molecule has 0 saturated carbocycles. The molecule has 0 aliphatic rings. The molecule has 6 heteroatoms. The second-order valence-corrected chi connectivity index (χ2v) is 5.29. The second-order valence-electron chi connectivity index (χ2n) is 4.44. The largest absolute Gasteiger partial charge is 0.368 e. The topological polar surface area (TPSA) is 85.1 Å². The molecule has 0 aliphatic heterocycles. The van der Waals surface area contributed by atoms with Crippen LogP contribution in [0, 0.1) is 0 Å². The molecule has 1 atom stereocenters. The van der Waals surface area contributed by atoms with Crippen molar-refractivity contribution in [1.29, 1.82) is 0 Å². The maximum Gasteiger partial charge on any atom is 0.270 e. The summed E-state index contributed by atoms with van der Waals surface area (Å²) in [6.45, 7) is 0. The predicted octanol–water partition coefficient (Wildman–Crippen LogP) is 1.67. The summed E-state index contributed by atoms with van der Waals surface area (Å²) in [6, 6.07) is 11.7. The van der Waals surface area contributed by atoms with Crippen molar-refractivity contribution in [2.24, 2.45) is 5.73 Å². The van der Waals surface area contributed by atoms with Gasteiger partial charge in [0.2, 0.25) is 5.91 Å². The summed E-state index contributed by atoms with van der Waals surface area (Å²) in [7, 11) is 0. The van der Waals surface area contributed by atoms with Crippen LogP contribution in [0.15, 0.2) is 53.1 Å². The molecule has 1 aromatic carbocycles. The zero-order valence-corrected chi connectivity index (χ0v) is 12.7. The monoisotopic (exact) mass is 347 g/mol. The molecule has 0 radical (unpaired) electrons. The molecule has 0 bridgehead atoms. The predicted molar refractivity (Wildman–Crippen MR) is 82.5 cm³/mol. The third-order valence-corrected chi connectivity index (χ3v) is 3.70. The van der Waals surface area contributed by atoms with Gasteiger partial charge < -0.3 is 11.1 Å². The molecule has 0 unspecified atom stereocenters. The van der Waals surface area contributed by atoms with Crippen LogP contribution in [0.3, 0.4) is 0 Å². The Kier molecular flexibility index (Phi) is 5.05. The average molecular weight is 348 g/mol. The van der Waals surface area contributed by atoms with Gasteiger partial charge in [0.15, 0.2) is 0 Å². The number of primary amides is 1. The van der Waals surface area contributed by atoms with Crippen LogP contribution in [0.25, 0.3) is 0 Å². The molecule has 1 aromatic heterocycles. The van der Waals surface area contributed by atoms with E-state index in [1.807, 2.05) is 24.3 Å². The summed E-state index contributed by atoms with van der Waals surface area (Å²) in [5.41, 5.74) is 6.51. The number of carbonyl (C=O) groups excluding carboxylic acids is 2. The van der Waals surface area contributed by atoms with Crippen LogP contribution >= 0.6 is 15.9 Å². The summed E-state index contributed by atoms with van der Waals surface area (Å²) >= 11 is 3.41. The Balaban J connectivity index is 2.12. The van der Waals surface area contributed by atoms with Crippen LogP contribution in [-0.2, 0) is 11.2 Å². The molecule has 2 amide bonds. The van der Waals surface area contributed by atoms with Crippen LogP contribution < -0.4 is 11.1 Å². The van der Waals surface area contributed by atoms with Crippen LogP contribution in [0.1, 0.15) is 16.1 Å². The van der Waals surface area contributed by atoms with E-state index >= 15 is 0 Å². The van der Waals surface area contributed by atoms with Crippen LogP contribution in [0.2, 0.25) is 0 Å². The number of nitrogens with zero attached hydrogens (tertiary/aromatic N) is 1. The van der Waals surface area contributed by atoms with Crippen molar-refractivity contribution in [3.63, 3.8) is 0 Å². The standard InChI is InChI=1S/C15H14BrN3O2/c16-11-6-2-1-5-10(11)9-13(14(17)20)19-15(21)12-7-3-4-8-18-12/h1-8,13H,9H2,(H2,17,20)(H,19,21)/t13-/m1/s1. The van der Waals surface area contributed by atoms with E-state index in [0.717, 1.165) is 10.0 Å². The Morgan fingerprint density at radius 3 is 2.52 bits per heavy atom. The van der Waals surface area contributed by atoms with Crippen molar-refractivity contribution in [3.8, 4) is 0 Å². The molecule has 0 spiro atoms. The molecule has 2 aromatic rings. The number of aromatic nitrogens is 1. The fourth-order valence-electron chi connectivity index (χ4n) is 1.84. The number of rotatable bonds is 5. The Hall–Kier alpha value is -2.21. The first-order chi connectivity index (χ1) is 10.1. The van der Waals surface area contributed by atoms with E-state index < -0.39 is 17.9 Å². The molecule has 0 fully saturated rings. The van der Waals surface area contributed by atoms with Crippen LogP contribution in [0.4, 0.5) is 0 Å². The van der Waals surface area contributed by atoms with Gasteiger partial charge in [0, 0.05) is 17.1 Å². The lowest BCUT2D eigenvalue weighted by Gasteiger charge is -2.16. The highest BCUT2D eigenvalue weighted by atomic mass is 79.9. The zero-order chi connectivity index (χ0) is 15.2. The molecule has 2 rings (SSSR count). The smallest absolute Gasteiger partial charge is 0.270 e. The third-order valence-electron chi connectivity index (χ3n) is 2.93. The number of benzene rings is 1. The van der Waals surface area contributed by atoms with E-state index in [1.165, 1.54) is 6.20 Å². The van der Waals surface area contributed by atoms with Crippen LogP contribution in [-0.4, -0.2) is 22.8 Å². The summed E-state index contributed by atoms with van der Waals surface area (Å²) in [5.74, 6) is -1.01. The number of nitrogens with one attached hydrogen (secondary N) is 1. The Labute approximate surface area is 130 Å². The first-order valence-corrected chi connectivity index (χ1v) is 7.12. The summed E-state index contributed by atoms with van der Waals surface area (Å²) < 4.78 is 0.864. The van der Waals surface area contributed by atoms with Gasteiger partial charge >= 0.3 is 0 Å². The normalized spacial score (nSPS) is 11.7. The van der Waals surface area contributed by atoms with Crippen molar-refractivity contribution >= 4 is 27.7 Å². The highest BCUT2D eigenvalue weighted by molar-refractivity contribution is 9.10. The van der Waals surface area contributed by atoms with Gasteiger partial charge in [-0.1, -0.05) is 40.2 Å². The molecular weight excluding hydrogens is 334 g/mol. The zero-order valence-electron chi connectivity index (χ0n) is 11.1. The minimum absolute atomic E-state index is 0.246. The maximum atomic E-state index is 12.0. The molecule has 1 heterocycles. The van der Waals surface area contributed by atoms with Gasteiger partial charge in [-0.05, 0) is 23.8 Å². The Morgan fingerprint density at radius 1 is 1.19 bits per heavy atom. The minimum Gasteiger partial charge on any atom is -0.368 e. The fourth-order valence-corrected chi connectivity index (χ4v) is 2.28. The van der Waals surface area contributed by atoms with Crippen molar-refractivity contribution in [2.75, 3.05) is 0 Å². The molecular formula is C15H14BrN3O2. The van der Waals surface area contributed by atoms with Crippen molar-refractivity contribution in [3.05, 3.63) is 64.4 Å². The van der Waals surface area contributed by atoms with Gasteiger partial charge in [-0.3, -0.25) is 14.6 Å². The number of hydrogen-bond acceptors (Lipinski definition) is 3. The quantitative estimate of drug-likeness (QED) is 0.862. The summed E-state index contributed by atoms with van der Waals surface area (Å²) in [4.78, 5) is 27.5. The van der Waals surface area contributed by atoms with E-state index in [1.54, 1.807) is 18.2 Å². The fraction of sp³-hybridized carbons (Fsp3) is 0.133. The number of amides is 2. The third kappa shape index (κ3) is 4.13. The molecule has 0 saturated heterocycles. The van der Waals surface area contributed by atoms with Crippen molar-refractivity contribution in [2.45, 2.75) is 12.5 Å². The highest BCUT2D eigenvalue weighted by Gasteiger charge is 2.20. The summed E-state index contributed by atoms with van der Waals surface area (Å²) in [5, 5.41) is 2.61. The van der Waals surface area contributed by atoms with E-state index in [9.17, 15) is 9.59 Å². The van der Waals surface area contributed by atoms with E-state index in [4.69, 9.17) is 5.73 Å². The second kappa shape index (κ2) is 6.99. The number of hydrogen-bond donors (Lipinski definition) is 2. The number of halogens is 1.